The number of esters is 1. The van der Waals surface area contributed by atoms with Crippen molar-refractivity contribution in [2.75, 3.05) is 29.5 Å². The fraction of sp³-hybridized carbons (Fsp3) is 0.526. The van der Waals surface area contributed by atoms with E-state index in [0.29, 0.717) is 17.9 Å². The molecule has 2 atom stereocenters. The molecule has 1 N–H and O–H groups in total. The lowest BCUT2D eigenvalue weighted by Crippen LogP contribution is -2.47. The zero-order valence-corrected chi connectivity index (χ0v) is 18.4. The molecule has 0 radical (unpaired) electrons. The summed E-state index contributed by atoms with van der Waals surface area (Å²) in [5, 5.41) is 3.64. The second-order valence-electron chi connectivity index (χ2n) is 5.78. The fourth-order valence-electron chi connectivity index (χ4n) is 2.29. The van der Waals surface area contributed by atoms with Crippen molar-refractivity contribution >= 4 is 52.3 Å². The van der Waals surface area contributed by atoms with Gasteiger partial charge in [-0.3, -0.25) is 9.59 Å². The van der Waals surface area contributed by atoms with Crippen molar-refractivity contribution < 1.29 is 19.1 Å². The summed E-state index contributed by atoms with van der Waals surface area (Å²) in [6.07, 6.45) is 2.50. The van der Waals surface area contributed by atoms with Gasteiger partial charge in [-0.2, -0.15) is 11.8 Å². The van der Waals surface area contributed by atoms with Crippen molar-refractivity contribution in [2.24, 2.45) is 5.92 Å². The Morgan fingerprint density at radius 2 is 1.85 bits per heavy atom. The first-order valence-electron chi connectivity index (χ1n) is 8.68. The molecule has 0 spiro atoms. The van der Waals surface area contributed by atoms with Gasteiger partial charge < -0.3 is 10.1 Å². The van der Waals surface area contributed by atoms with E-state index in [2.05, 4.69) is 5.32 Å². The van der Waals surface area contributed by atoms with Crippen molar-refractivity contribution in [2.45, 2.75) is 26.3 Å². The Morgan fingerprint density at radius 1 is 1.15 bits per heavy atom. The Labute approximate surface area is 174 Å². The maximum absolute atomic E-state index is 12.9. The first-order chi connectivity index (χ1) is 13.0. The summed E-state index contributed by atoms with van der Waals surface area (Å²) in [7, 11) is 0. The maximum atomic E-state index is 12.9. The summed E-state index contributed by atoms with van der Waals surface area (Å²) >= 11 is 4.37. The van der Waals surface area contributed by atoms with Crippen molar-refractivity contribution in [3.63, 3.8) is 0 Å². The van der Waals surface area contributed by atoms with Crippen LogP contribution in [0.25, 0.3) is 0 Å². The van der Waals surface area contributed by atoms with Crippen molar-refractivity contribution in [3.8, 4) is 0 Å². The molecule has 0 aliphatic carbocycles. The molecule has 0 saturated heterocycles. The minimum atomic E-state index is -0.685. The number of amides is 1. The van der Waals surface area contributed by atoms with Crippen LogP contribution in [0.2, 0.25) is 0 Å². The molecular weight excluding hydrogens is 402 g/mol. The molecule has 0 saturated carbocycles. The van der Waals surface area contributed by atoms with Gasteiger partial charge in [-0.05, 0) is 25.2 Å². The van der Waals surface area contributed by atoms with Crippen LogP contribution in [0.15, 0.2) is 30.3 Å². The van der Waals surface area contributed by atoms with E-state index in [4.69, 9.17) is 4.74 Å². The van der Waals surface area contributed by atoms with E-state index >= 15 is 0 Å². The Hall–Kier alpha value is -1.12. The van der Waals surface area contributed by atoms with Crippen LogP contribution in [0.5, 0.6) is 0 Å². The highest BCUT2D eigenvalue weighted by molar-refractivity contribution is 8.15. The van der Waals surface area contributed by atoms with Crippen LogP contribution >= 0.6 is 35.3 Å². The third-order valence-electron chi connectivity index (χ3n) is 3.56. The van der Waals surface area contributed by atoms with Crippen LogP contribution < -0.4 is 5.32 Å². The molecule has 8 heteroatoms. The monoisotopic (exact) mass is 429 g/mol. The molecule has 0 aromatic heterocycles. The summed E-state index contributed by atoms with van der Waals surface area (Å²) < 4.78 is 5.10. The van der Waals surface area contributed by atoms with Crippen LogP contribution in [0.3, 0.4) is 0 Å². The van der Waals surface area contributed by atoms with Gasteiger partial charge in [0.1, 0.15) is 6.04 Å². The van der Waals surface area contributed by atoms with Gasteiger partial charge in [-0.1, -0.05) is 42.1 Å². The predicted molar refractivity (Wildman–Crippen MR) is 116 cm³/mol. The third-order valence-corrected chi connectivity index (χ3v) is 6.71. The van der Waals surface area contributed by atoms with E-state index in [1.807, 2.05) is 36.6 Å². The first-order valence-corrected chi connectivity index (χ1v) is 12.2. The molecule has 0 aliphatic rings. The third kappa shape index (κ3) is 10.1. The lowest BCUT2D eigenvalue weighted by molar-refractivity contribution is -0.147. The second kappa shape index (κ2) is 14.0. The zero-order chi connectivity index (χ0) is 20.1. The molecule has 0 fully saturated rings. The number of ether oxygens (including phenoxy) is 1. The summed E-state index contributed by atoms with van der Waals surface area (Å²) in [4.78, 5) is 36.4. The molecule has 1 aromatic rings. The minimum Gasteiger partial charge on any atom is -0.464 e. The SMILES string of the molecule is CCOC(=O)[C@H](CSCSC)NC(=O)C(CSC(C)=O)Cc1ccccc1. The molecule has 150 valence electrons. The van der Waals surface area contributed by atoms with Gasteiger partial charge in [0.2, 0.25) is 5.91 Å². The number of rotatable bonds is 12. The van der Waals surface area contributed by atoms with Crippen molar-refractivity contribution in [3.05, 3.63) is 35.9 Å². The van der Waals surface area contributed by atoms with Crippen LogP contribution in [-0.2, 0) is 25.5 Å². The van der Waals surface area contributed by atoms with Gasteiger partial charge in [0.15, 0.2) is 5.12 Å². The molecule has 1 unspecified atom stereocenters. The molecule has 5 nitrogen and oxygen atoms in total. The lowest BCUT2D eigenvalue weighted by atomic mass is 10.00. The fourth-order valence-corrected chi connectivity index (χ4v) is 4.51. The van der Waals surface area contributed by atoms with E-state index in [9.17, 15) is 14.4 Å². The number of thioether (sulfide) groups is 3. The molecule has 1 rings (SSSR count). The van der Waals surface area contributed by atoms with Crippen molar-refractivity contribution in [1.82, 2.24) is 5.32 Å². The van der Waals surface area contributed by atoms with Crippen LogP contribution in [0.4, 0.5) is 0 Å². The van der Waals surface area contributed by atoms with E-state index < -0.39 is 17.9 Å². The van der Waals surface area contributed by atoms with Crippen LogP contribution in [0, 0.1) is 5.92 Å². The average molecular weight is 430 g/mol. The molecule has 1 amide bonds. The molecule has 27 heavy (non-hydrogen) atoms. The van der Waals surface area contributed by atoms with Crippen molar-refractivity contribution in [1.29, 1.82) is 0 Å². The van der Waals surface area contributed by atoms with Gasteiger partial charge >= 0.3 is 5.97 Å². The largest absolute Gasteiger partial charge is 0.464 e. The highest BCUT2D eigenvalue weighted by atomic mass is 32.2. The number of carbonyl (C=O) groups excluding carboxylic acids is 3. The number of hydrogen-bond acceptors (Lipinski definition) is 7. The van der Waals surface area contributed by atoms with E-state index in [1.54, 1.807) is 30.4 Å². The van der Waals surface area contributed by atoms with Gasteiger partial charge in [0.05, 0.1) is 12.5 Å². The van der Waals surface area contributed by atoms with Gasteiger partial charge in [0, 0.05) is 23.5 Å². The number of carbonyl (C=O) groups is 3. The van der Waals surface area contributed by atoms with Crippen LogP contribution in [-0.4, -0.2) is 52.5 Å². The number of benzene rings is 1. The molecule has 0 bridgehead atoms. The average Bonchev–Trinajstić information content (AvgIpc) is 2.65. The summed E-state index contributed by atoms with van der Waals surface area (Å²) in [5.41, 5.74) is 1.02. The topological polar surface area (TPSA) is 72.5 Å². The Balaban J connectivity index is 2.81. The minimum absolute atomic E-state index is 0.0293. The predicted octanol–water partition coefficient (Wildman–Crippen LogP) is 3.23. The van der Waals surface area contributed by atoms with Gasteiger partial charge in [-0.25, -0.2) is 4.79 Å². The smallest absolute Gasteiger partial charge is 0.329 e. The summed E-state index contributed by atoms with van der Waals surface area (Å²) in [6.45, 7) is 3.50. The summed E-state index contributed by atoms with van der Waals surface area (Å²) in [5.74, 6) is -0.205. The van der Waals surface area contributed by atoms with E-state index in [1.165, 1.54) is 6.92 Å². The quantitative estimate of drug-likeness (QED) is 0.311. The highest BCUT2D eigenvalue weighted by Crippen LogP contribution is 2.17. The molecule has 0 aliphatic heterocycles. The number of hydrogen-bond donors (Lipinski definition) is 1. The standard InChI is InChI=1S/C19H27NO4S3/c1-4-24-19(23)17(12-26-13-25-3)20-18(22)16(11-27-14(2)21)10-15-8-6-5-7-9-15/h5-9,16-17H,4,10-13H2,1-3H3,(H,20,22)/t16?,17-/m0/s1. The Kier molecular flexibility index (Phi) is 12.4. The van der Waals surface area contributed by atoms with Crippen LogP contribution in [0.1, 0.15) is 19.4 Å². The normalized spacial score (nSPS) is 12.9. The first kappa shape index (κ1) is 23.9. The maximum Gasteiger partial charge on any atom is 0.329 e. The molecule has 0 heterocycles. The Bertz CT molecular complexity index is 598. The second-order valence-corrected chi connectivity index (χ2v) is 9.24. The van der Waals surface area contributed by atoms with Gasteiger partial charge in [-0.15, -0.1) is 11.8 Å². The van der Waals surface area contributed by atoms with Gasteiger partial charge in [0.25, 0.3) is 0 Å². The number of nitrogens with one attached hydrogen (secondary N) is 1. The summed E-state index contributed by atoms with van der Waals surface area (Å²) in [6, 6.07) is 8.98. The lowest BCUT2D eigenvalue weighted by Gasteiger charge is -2.21. The van der Waals surface area contributed by atoms with E-state index in [-0.39, 0.29) is 17.6 Å². The molecule has 1 aromatic carbocycles. The Morgan fingerprint density at radius 3 is 2.44 bits per heavy atom. The zero-order valence-electron chi connectivity index (χ0n) is 15.9. The molecular formula is C19H27NO4S3. The van der Waals surface area contributed by atoms with E-state index in [0.717, 1.165) is 22.4 Å². The highest BCUT2D eigenvalue weighted by Gasteiger charge is 2.27.